The molecule has 0 spiro atoms. The molecule has 0 saturated heterocycles. The lowest BCUT2D eigenvalue weighted by atomic mass is 9.87. The third-order valence-electron chi connectivity index (χ3n) is 11.9. The second kappa shape index (κ2) is 17.0. The van der Waals surface area contributed by atoms with Crippen molar-refractivity contribution in [1.29, 1.82) is 0 Å². The van der Waals surface area contributed by atoms with E-state index in [9.17, 15) is 19.5 Å². The standard InChI is InChI=1S/C22H20NO2.C18H21N2O.C14H10O2/c1-22(2,25)18-9-11-23(12-10-18)14-17-13-16-7-3-5-15-6-4-8-19(20(15)16)21(17)24;1-20(2,10-9-19)12-15-11-14-7-3-5-13-6-4-8-16(17(13)14)18(15)21;15-8-11-7-10-5-1-3-9-4-2-6-12(13(9)10)14(11)16/h3-13,25H,14H2,1-2H3;3-8,11H,9-10,12,19H2,1-2H3;1-7,15H,8H2/q2*+1;. The number of carbonyl (C=O) groups excluding carboxylic acids is 3. The molecule has 0 bridgehead atoms. The molecule has 1 aromatic heterocycles. The van der Waals surface area contributed by atoms with E-state index >= 15 is 0 Å². The summed E-state index contributed by atoms with van der Waals surface area (Å²) in [5.41, 5.74) is 13.3. The van der Waals surface area contributed by atoms with E-state index in [0.29, 0.717) is 30.8 Å². The molecule has 10 rings (SSSR count). The smallest absolute Gasteiger partial charge is 0.196 e. The summed E-state index contributed by atoms with van der Waals surface area (Å²) in [6.07, 6.45) is 9.63. The second-order valence-corrected chi connectivity index (χ2v) is 17.3. The van der Waals surface area contributed by atoms with Crippen LogP contribution in [0.5, 0.6) is 0 Å². The highest BCUT2D eigenvalue weighted by atomic mass is 16.3. The fourth-order valence-electron chi connectivity index (χ4n) is 8.73. The minimum absolute atomic E-state index is 0.0631. The molecular formula is C54H51N3O5+2. The number of Topliss-reactive ketones (excluding diaryl/α,β-unsaturated/α-hetero) is 3. The van der Waals surface area contributed by atoms with E-state index in [0.717, 1.165) is 87.9 Å². The monoisotopic (exact) mass is 821 g/mol. The van der Waals surface area contributed by atoms with Gasteiger partial charge >= 0.3 is 0 Å². The lowest BCUT2D eigenvalue weighted by Gasteiger charge is -2.31. The van der Waals surface area contributed by atoms with Crippen molar-refractivity contribution in [2.75, 3.05) is 40.3 Å². The fraction of sp³-hybridized carbons (Fsp3) is 0.185. The average Bonchev–Trinajstić information content (AvgIpc) is 3.26. The van der Waals surface area contributed by atoms with E-state index in [2.05, 4.69) is 38.4 Å². The van der Waals surface area contributed by atoms with Crippen LogP contribution < -0.4 is 10.3 Å². The summed E-state index contributed by atoms with van der Waals surface area (Å²) >= 11 is 0. The quantitative estimate of drug-likeness (QED) is 0.105. The van der Waals surface area contributed by atoms with Crippen LogP contribution >= 0.6 is 0 Å². The Labute approximate surface area is 361 Å². The summed E-state index contributed by atoms with van der Waals surface area (Å²) in [6, 6.07) is 39.5. The molecule has 4 N–H and O–H groups in total. The number of allylic oxidation sites excluding steroid dienone is 1. The normalized spacial score (nSPS) is 14.1. The molecule has 0 saturated carbocycles. The van der Waals surface area contributed by atoms with Gasteiger partial charge in [0.25, 0.3) is 0 Å². The number of hydrogen-bond acceptors (Lipinski definition) is 6. The number of hydrogen-bond donors (Lipinski definition) is 3. The summed E-state index contributed by atoms with van der Waals surface area (Å²) in [4.78, 5) is 37.7. The van der Waals surface area contributed by atoms with Gasteiger partial charge in [0.15, 0.2) is 36.3 Å². The molecule has 3 aliphatic carbocycles. The van der Waals surface area contributed by atoms with Gasteiger partial charge in [-0.3, -0.25) is 14.4 Å². The summed E-state index contributed by atoms with van der Waals surface area (Å²) in [5, 5.41) is 25.6. The lowest BCUT2D eigenvalue weighted by molar-refractivity contribution is -0.883. The van der Waals surface area contributed by atoms with Gasteiger partial charge in [0, 0.05) is 57.1 Å². The maximum Gasteiger partial charge on any atom is 0.196 e. The van der Waals surface area contributed by atoms with Gasteiger partial charge < -0.3 is 20.4 Å². The first-order chi connectivity index (χ1) is 29.8. The van der Waals surface area contributed by atoms with Crippen molar-refractivity contribution < 1.29 is 33.6 Å². The molecule has 7 aromatic rings. The largest absolute Gasteiger partial charge is 0.392 e. The molecular weight excluding hydrogens is 771 g/mol. The number of nitrogens with two attached hydrogens (primary N) is 1. The van der Waals surface area contributed by atoms with Gasteiger partial charge in [-0.1, -0.05) is 109 Å². The predicted molar refractivity (Wildman–Crippen MR) is 249 cm³/mol. The number of aromatic nitrogens is 1. The lowest BCUT2D eigenvalue weighted by Crippen LogP contribution is -2.45. The van der Waals surface area contributed by atoms with Crippen molar-refractivity contribution in [2.24, 2.45) is 5.73 Å². The predicted octanol–water partition coefficient (Wildman–Crippen LogP) is 8.50. The topological polar surface area (TPSA) is 122 Å². The first-order valence-electron chi connectivity index (χ1n) is 20.9. The molecule has 0 unspecified atom stereocenters. The Morgan fingerprint density at radius 2 is 0.952 bits per heavy atom. The Bertz CT molecular complexity index is 3010. The van der Waals surface area contributed by atoms with Crippen LogP contribution in [-0.4, -0.2) is 72.4 Å². The molecule has 8 heteroatoms. The third-order valence-corrected chi connectivity index (χ3v) is 11.9. The van der Waals surface area contributed by atoms with Crippen LogP contribution in [0.3, 0.4) is 0 Å². The SMILES string of the molecule is CC(C)(O)c1cc[n+](CC2=Cc3cccc4cccc(c34)C2=O)cc1.C[N+](C)(CCN)CC1=Cc2cccc3cccc(c23)C1=O.O=C1C(CO)=Cc2cccc3cccc1c23. The number of ketones is 3. The summed E-state index contributed by atoms with van der Waals surface area (Å²) < 4.78 is 2.69. The Kier molecular flexibility index (Phi) is 11.5. The summed E-state index contributed by atoms with van der Waals surface area (Å²) in [7, 11) is 4.23. The van der Waals surface area contributed by atoms with E-state index in [1.807, 2.05) is 126 Å². The van der Waals surface area contributed by atoms with Crippen LogP contribution in [0.15, 0.2) is 150 Å². The van der Waals surface area contributed by atoms with Crippen LogP contribution in [-0.2, 0) is 12.1 Å². The molecule has 3 aliphatic rings. The minimum atomic E-state index is -0.867. The Balaban J connectivity index is 0.000000131. The second-order valence-electron chi connectivity index (χ2n) is 17.3. The van der Waals surface area contributed by atoms with Crippen molar-refractivity contribution in [1.82, 2.24) is 0 Å². The number of aliphatic hydroxyl groups is 2. The van der Waals surface area contributed by atoms with Crippen molar-refractivity contribution in [2.45, 2.75) is 26.0 Å². The molecule has 0 aliphatic heterocycles. The molecule has 0 amide bonds. The van der Waals surface area contributed by atoms with Crippen LogP contribution in [0, 0.1) is 0 Å². The van der Waals surface area contributed by atoms with Gasteiger partial charge in [-0.2, -0.15) is 0 Å². The maximum absolute atomic E-state index is 12.9. The molecule has 8 nitrogen and oxygen atoms in total. The fourth-order valence-corrected chi connectivity index (χ4v) is 8.73. The van der Waals surface area contributed by atoms with Gasteiger partial charge in [0.1, 0.15) is 6.54 Å². The number of likely N-dealkylation sites (N-methyl/N-ethyl adjacent to an activating group) is 1. The zero-order chi connectivity index (χ0) is 43.8. The molecule has 1 heterocycles. The van der Waals surface area contributed by atoms with E-state index < -0.39 is 5.60 Å². The highest BCUT2D eigenvalue weighted by Gasteiger charge is 2.28. The zero-order valence-electron chi connectivity index (χ0n) is 35.6. The Hall–Kier alpha value is -6.68. The molecule has 0 atom stereocenters. The van der Waals surface area contributed by atoms with Gasteiger partial charge in [0.05, 0.1) is 44.0 Å². The maximum atomic E-state index is 12.9. The van der Waals surface area contributed by atoms with Crippen molar-refractivity contribution in [3.05, 3.63) is 189 Å². The number of carbonyl (C=O) groups is 3. The van der Waals surface area contributed by atoms with Gasteiger partial charge in [-0.05, 0) is 70.5 Å². The summed E-state index contributed by atoms with van der Waals surface area (Å²) in [6.45, 7) is 6.02. The number of benzene rings is 6. The van der Waals surface area contributed by atoms with Crippen LogP contribution in [0.25, 0.3) is 50.5 Å². The van der Waals surface area contributed by atoms with E-state index in [-0.39, 0.29) is 24.0 Å². The van der Waals surface area contributed by atoms with Gasteiger partial charge in [0.2, 0.25) is 0 Å². The average molecular weight is 822 g/mol. The Morgan fingerprint density at radius 3 is 1.37 bits per heavy atom. The first kappa shape index (κ1) is 42.0. The number of rotatable bonds is 8. The molecule has 0 radical (unpaired) electrons. The zero-order valence-corrected chi connectivity index (χ0v) is 35.6. The number of nitrogens with zero attached hydrogens (tertiary/aromatic N) is 2. The number of pyridine rings is 1. The number of quaternary nitrogens is 1. The van der Waals surface area contributed by atoms with Crippen LogP contribution in [0.2, 0.25) is 0 Å². The minimum Gasteiger partial charge on any atom is -0.392 e. The van der Waals surface area contributed by atoms with E-state index in [4.69, 9.17) is 10.8 Å². The van der Waals surface area contributed by atoms with Gasteiger partial charge in [-0.25, -0.2) is 4.57 Å². The molecule has 62 heavy (non-hydrogen) atoms. The van der Waals surface area contributed by atoms with Gasteiger partial charge in [-0.15, -0.1) is 0 Å². The molecule has 0 fully saturated rings. The highest BCUT2D eigenvalue weighted by molar-refractivity contribution is 6.24. The Morgan fingerprint density at radius 1 is 0.565 bits per heavy atom. The van der Waals surface area contributed by atoms with Crippen LogP contribution in [0.4, 0.5) is 0 Å². The number of aliphatic hydroxyl groups excluding tert-OH is 1. The van der Waals surface area contributed by atoms with Crippen molar-refractivity contribution in [3.8, 4) is 0 Å². The summed E-state index contributed by atoms with van der Waals surface area (Å²) in [5.74, 6) is 0.178. The van der Waals surface area contributed by atoms with Crippen LogP contribution in [0.1, 0.15) is 67.2 Å². The molecule has 310 valence electrons. The van der Waals surface area contributed by atoms with E-state index in [1.54, 1.807) is 19.9 Å². The third kappa shape index (κ3) is 8.34. The van der Waals surface area contributed by atoms with E-state index in [1.165, 1.54) is 0 Å². The highest BCUT2D eigenvalue weighted by Crippen LogP contribution is 2.34. The van der Waals surface area contributed by atoms with Crippen molar-refractivity contribution >= 4 is 67.9 Å². The van der Waals surface area contributed by atoms with Crippen molar-refractivity contribution in [3.63, 3.8) is 0 Å². The first-order valence-corrected chi connectivity index (χ1v) is 20.9. The molecule has 6 aromatic carbocycles.